The molecular weight excluding hydrogens is 304 g/mol. The predicted molar refractivity (Wildman–Crippen MR) is 95.4 cm³/mol. The molecule has 2 aromatic carbocycles. The van der Waals surface area contributed by atoms with Crippen LogP contribution in [0.3, 0.4) is 0 Å². The summed E-state index contributed by atoms with van der Waals surface area (Å²) in [7, 11) is 0. The van der Waals surface area contributed by atoms with Crippen LogP contribution in [0.5, 0.6) is 0 Å². The second kappa shape index (κ2) is 7.51. The van der Waals surface area contributed by atoms with Crippen LogP contribution in [0, 0.1) is 6.92 Å². The van der Waals surface area contributed by atoms with E-state index in [1.165, 1.54) is 10.4 Å². The third kappa shape index (κ3) is 4.05. The Hall–Kier alpha value is -2.01. The second-order valence-corrected chi connectivity index (χ2v) is 6.60. The van der Waals surface area contributed by atoms with Crippen LogP contribution in [-0.4, -0.2) is 16.6 Å². The van der Waals surface area contributed by atoms with Crippen LogP contribution in [0.4, 0.5) is 0 Å². The molecular formula is C19H20N2OS. The Labute approximate surface area is 140 Å². The fourth-order valence-electron chi connectivity index (χ4n) is 2.51. The maximum atomic E-state index is 10.3. The van der Waals surface area contributed by atoms with Crippen molar-refractivity contribution in [2.24, 2.45) is 0 Å². The first-order chi connectivity index (χ1) is 11.2. The highest BCUT2D eigenvalue weighted by molar-refractivity contribution is 7.15. The molecule has 1 aromatic heterocycles. The largest absolute Gasteiger partial charge is 0.387 e. The van der Waals surface area contributed by atoms with Gasteiger partial charge in [-0.25, -0.2) is 4.98 Å². The zero-order valence-corrected chi connectivity index (χ0v) is 13.9. The molecule has 2 N–H and O–H groups in total. The van der Waals surface area contributed by atoms with Crippen LogP contribution >= 0.6 is 11.3 Å². The number of aromatic nitrogens is 1. The van der Waals surface area contributed by atoms with Crippen molar-refractivity contribution >= 4 is 11.3 Å². The van der Waals surface area contributed by atoms with E-state index in [0.717, 1.165) is 16.1 Å². The molecule has 0 bridgehead atoms. The number of hydrogen-bond acceptors (Lipinski definition) is 4. The Kier molecular flexibility index (Phi) is 5.18. The molecule has 118 valence electrons. The lowest BCUT2D eigenvalue weighted by molar-refractivity contribution is 0.173. The van der Waals surface area contributed by atoms with Crippen LogP contribution < -0.4 is 5.32 Å². The van der Waals surface area contributed by atoms with Gasteiger partial charge in [-0.2, -0.15) is 0 Å². The number of benzene rings is 2. The van der Waals surface area contributed by atoms with Crippen molar-refractivity contribution < 1.29 is 5.11 Å². The van der Waals surface area contributed by atoms with Gasteiger partial charge < -0.3 is 10.4 Å². The van der Waals surface area contributed by atoms with Crippen molar-refractivity contribution in [2.75, 3.05) is 6.54 Å². The molecule has 0 aliphatic carbocycles. The van der Waals surface area contributed by atoms with Crippen molar-refractivity contribution in [3.05, 3.63) is 76.9 Å². The monoisotopic (exact) mass is 324 g/mol. The maximum Gasteiger partial charge on any atom is 0.107 e. The normalized spacial score (nSPS) is 12.3. The van der Waals surface area contributed by atoms with Crippen molar-refractivity contribution in [1.29, 1.82) is 0 Å². The average molecular weight is 324 g/mol. The number of nitrogens with one attached hydrogen (secondary N) is 1. The number of aliphatic hydroxyl groups excluding tert-OH is 1. The third-order valence-electron chi connectivity index (χ3n) is 3.77. The van der Waals surface area contributed by atoms with Crippen LogP contribution in [0.1, 0.15) is 22.2 Å². The van der Waals surface area contributed by atoms with E-state index >= 15 is 0 Å². The summed E-state index contributed by atoms with van der Waals surface area (Å²) in [6, 6.07) is 18.2. The van der Waals surface area contributed by atoms with E-state index in [-0.39, 0.29) is 0 Å². The number of nitrogens with zero attached hydrogens (tertiary/aromatic N) is 1. The minimum Gasteiger partial charge on any atom is -0.387 e. The van der Waals surface area contributed by atoms with E-state index in [4.69, 9.17) is 0 Å². The molecule has 1 unspecified atom stereocenters. The van der Waals surface area contributed by atoms with Gasteiger partial charge in [-0.1, -0.05) is 54.6 Å². The van der Waals surface area contributed by atoms with Gasteiger partial charge in [-0.3, -0.25) is 0 Å². The van der Waals surface area contributed by atoms with Gasteiger partial charge in [0, 0.05) is 19.3 Å². The number of thiazole rings is 1. The lowest BCUT2D eigenvalue weighted by Crippen LogP contribution is -2.21. The van der Waals surface area contributed by atoms with Crippen molar-refractivity contribution in [3.8, 4) is 10.4 Å². The van der Waals surface area contributed by atoms with Crippen LogP contribution in [0.25, 0.3) is 10.4 Å². The lowest BCUT2D eigenvalue weighted by atomic mass is 10.0. The lowest BCUT2D eigenvalue weighted by Gasteiger charge is -2.13. The second-order valence-electron chi connectivity index (χ2n) is 5.49. The number of aryl methyl sites for hydroxylation is 1. The quantitative estimate of drug-likeness (QED) is 0.722. The van der Waals surface area contributed by atoms with Gasteiger partial charge in [0.05, 0.1) is 11.0 Å². The molecule has 3 rings (SSSR count). The van der Waals surface area contributed by atoms with Gasteiger partial charge in [0.1, 0.15) is 5.01 Å². The average Bonchev–Trinajstić information content (AvgIpc) is 3.05. The molecule has 0 amide bonds. The Balaban J connectivity index is 1.55. The SMILES string of the molecule is Cc1ccccc1C(O)CNCc1ncc(-c2ccccc2)s1. The zero-order chi connectivity index (χ0) is 16.1. The summed E-state index contributed by atoms with van der Waals surface area (Å²) in [5.74, 6) is 0. The van der Waals surface area contributed by atoms with Crippen molar-refractivity contribution in [3.63, 3.8) is 0 Å². The van der Waals surface area contributed by atoms with E-state index in [1.807, 2.05) is 55.6 Å². The Morgan fingerprint density at radius 2 is 1.83 bits per heavy atom. The van der Waals surface area contributed by atoms with Crippen molar-refractivity contribution in [1.82, 2.24) is 10.3 Å². The first kappa shape index (κ1) is 15.9. The van der Waals surface area contributed by atoms with Crippen LogP contribution in [-0.2, 0) is 6.54 Å². The Morgan fingerprint density at radius 1 is 1.09 bits per heavy atom. The first-order valence-electron chi connectivity index (χ1n) is 7.68. The molecule has 3 nitrogen and oxygen atoms in total. The zero-order valence-electron chi connectivity index (χ0n) is 13.1. The Bertz CT molecular complexity index is 755. The van der Waals surface area contributed by atoms with Gasteiger partial charge in [0.2, 0.25) is 0 Å². The highest BCUT2D eigenvalue weighted by atomic mass is 32.1. The van der Waals surface area contributed by atoms with Crippen LogP contribution in [0.15, 0.2) is 60.8 Å². The molecule has 0 radical (unpaired) electrons. The Morgan fingerprint density at radius 3 is 2.61 bits per heavy atom. The van der Waals surface area contributed by atoms with E-state index in [9.17, 15) is 5.11 Å². The van der Waals surface area contributed by atoms with Gasteiger partial charge in [0.25, 0.3) is 0 Å². The first-order valence-corrected chi connectivity index (χ1v) is 8.50. The summed E-state index contributed by atoms with van der Waals surface area (Å²) in [6.07, 6.45) is 1.42. The summed E-state index contributed by atoms with van der Waals surface area (Å²) in [5.41, 5.74) is 3.28. The topological polar surface area (TPSA) is 45.1 Å². The van der Waals surface area contributed by atoms with E-state index in [1.54, 1.807) is 11.3 Å². The fourth-order valence-corrected chi connectivity index (χ4v) is 3.41. The number of hydrogen-bond donors (Lipinski definition) is 2. The minimum atomic E-state index is -0.496. The van der Waals surface area contributed by atoms with Gasteiger partial charge in [-0.15, -0.1) is 11.3 Å². The molecule has 0 saturated heterocycles. The fraction of sp³-hybridized carbons (Fsp3) is 0.211. The minimum absolute atomic E-state index is 0.496. The molecule has 0 aliphatic rings. The van der Waals surface area contributed by atoms with E-state index in [0.29, 0.717) is 13.1 Å². The summed E-state index contributed by atoms with van der Waals surface area (Å²) in [6.45, 7) is 3.21. The van der Waals surface area contributed by atoms with E-state index in [2.05, 4.69) is 22.4 Å². The van der Waals surface area contributed by atoms with Gasteiger partial charge in [-0.05, 0) is 23.6 Å². The smallest absolute Gasteiger partial charge is 0.107 e. The number of aliphatic hydroxyl groups is 1. The van der Waals surface area contributed by atoms with E-state index < -0.39 is 6.10 Å². The summed E-state index contributed by atoms with van der Waals surface area (Å²) < 4.78 is 0. The molecule has 3 aromatic rings. The standard InChI is InChI=1S/C19H20N2OS/c1-14-7-5-6-10-16(14)17(22)11-20-13-19-21-12-18(23-19)15-8-3-2-4-9-15/h2-10,12,17,20,22H,11,13H2,1H3. The highest BCUT2D eigenvalue weighted by Crippen LogP contribution is 2.25. The summed E-state index contributed by atoms with van der Waals surface area (Å²) in [4.78, 5) is 5.62. The summed E-state index contributed by atoms with van der Waals surface area (Å²) in [5, 5.41) is 14.6. The van der Waals surface area contributed by atoms with Crippen LogP contribution in [0.2, 0.25) is 0 Å². The molecule has 0 fully saturated rings. The summed E-state index contributed by atoms with van der Waals surface area (Å²) >= 11 is 1.68. The molecule has 1 atom stereocenters. The predicted octanol–water partition coefficient (Wildman–Crippen LogP) is 3.94. The molecule has 1 heterocycles. The maximum absolute atomic E-state index is 10.3. The molecule has 4 heteroatoms. The molecule has 23 heavy (non-hydrogen) atoms. The highest BCUT2D eigenvalue weighted by Gasteiger charge is 2.10. The molecule has 0 aliphatic heterocycles. The van der Waals surface area contributed by atoms with Gasteiger partial charge in [0.15, 0.2) is 0 Å². The molecule has 0 spiro atoms. The number of rotatable bonds is 6. The van der Waals surface area contributed by atoms with Gasteiger partial charge >= 0.3 is 0 Å². The van der Waals surface area contributed by atoms with Crippen molar-refractivity contribution in [2.45, 2.75) is 19.6 Å². The molecule has 0 saturated carbocycles. The third-order valence-corrected chi connectivity index (χ3v) is 4.82.